The molecule has 0 saturated heterocycles. The topological polar surface area (TPSA) is 40.7 Å². The Kier molecular flexibility index (Phi) is 3.70. The molecule has 3 nitrogen and oxygen atoms in total. The van der Waals surface area contributed by atoms with E-state index < -0.39 is 0 Å². The first-order valence-corrected chi connectivity index (χ1v) is 6.46. The van der Waals surface area contributed by atoms with E-state index in [-0.39, 0.29) is 0 Å². The first-order chi connectivity index (χ1) is 8.61. The Morgan fingerprint density at radius 2 is 1.83 bits per heavy atom. The second kappa shape index (κ2) is 5.25. The number of nitrogens with zero attached hydrogens (tertiary/aromatic N) is 1. The van der Waals surface area contributed by atoms with Gasteiger partial charge in [0, 0.05) is 0 Å². The molecule has 2 rings (SSSR count). The molecule has 1 unspecified atom stereocenters. The molecule has 0 amide bonds. The third-order valence-electron chi connectivity index (χ3n) is 3.33. The molecule has 0 radical (unpaired) electrons. The van der Waals surface area contributed by atoms with Gasteiger partial charge in [-0.25, -0.2) is 0 Å². The largest absolute Gasteiger partial charge is 0.375 e. The Hall–Kier alpha value is -1.77. The summed E-state index contributed by atoms with van der Waals surface area (Å²) < 4.78 is 0. The molecule has 0 aliphatic carbocycles. The lowest BCUT2D eigenvalue weighted by Crippen LogP contribution is -2.10. The van der Waals surface area contributed by atoms with Crippen LogP contribution in [0.2, 0.25) is 0 Å². The van der Waals surface area contributed by atoms with Crippen LogP contribution in [0.1, 0.15) is 41.9 Å². The van der Waals surface area contributed by atoms with Gasteiger partial charge in [0.25, 0.3) is 0 Å². The average Bonchev–Trinajstić information content (AvgIpc) is 2.68. The van der Waals surface area contributed by atoms with E-state index >= 15 is 0 Å². The van der Waals surface area contributed by atoms with Crippen molar-refractivity contribution in [1.82, 2.24) is 10.2 Å². The van der Waals surface area contributed by atoms with E-state index in [9.17, 15) is 0 Å². The molecule has 2 N–H and O–H groups in total. The van der Waals surface area contributed by atoms with E-state index in [4.69, 9.17) is 0 Å². The zero-order valence-electron chi connectivity index (χ0n) is 11.5. The van der Waals surface area contributed by atoms with E-state index in [1.807, 2.05) is 13.8 Å². The lowest BCUT2D eigenvalue weighted by atomic mass is 10.0. The van der Waals surface area contributed by atoms with E-state index in [0.29, 0.717) is 6.04 Å². The van der Waals surface area contributed by atoms with Crippen molar-refractivity contribution >= 4 is 5.69 Å². The number of hydrogen-bond acceptors (Lipinski definition) is 2. The summed E-state index contributed by atoms with van der Waals surface area (Å²) in [6, 6.07) is 9.05. The standard InChI is InChI=1S/C15H21N3/c1-5-14(13-8-6-10(2)7-9-13)16-15-11(3)17-18-12(15)4/h6-9,14,16H,5H2,1-4H3,(H,17,18). The summed E-state index contributed by atoms with van der Waals surface area (Å²) in [6.07, 6.45) is 1.05. The summed E-state index contributed by atoms with van der Waals surface area (Å²) in [6.45, 7) is 8.38. The van der Waals surface area contributed by atoms with Crippen LogP contribution in [0.5, 0.6) is 0 Å². The number of aromatic nitrogens is 2. The Morgan fingerprint density at radius 3 is 2.33 bits per heavy atom. The van der Waals surface area contributed by atoms with Crippen LogP contribution in [0.4, 0.5) is 5.69 Å². The molecule has 1 aromatic carbocycles. The summed E-state index contributed by atoms with van der Waals surface area (Å²) >= 11 is 0. The molecule has 0 bridgehead atoms. The van der Waals surface area contributed by atoms with Crippen molar-refractivity contribution in [1.29, 1.82) is 0 Å². The molecule has 2 aromatic rings. The second-order valence-corrected chi connectivity index (χ2v) is 4.82. The molecule has 0 spiro atoms. The number of aryl methyl sites for hydroxylation is 3. The molecule has 18 heavy (non-hydrogen) atoms. The number of rotatable bonds is 4. The highest BCUT2D eigenvalue weighted by Gasteiger charge is 2.13. The van der Waals surface area contributed by atoms with Crippen molar-refractivity contribution in [3.8, 4) is 0 Å². The first-order valence-electron chi connectivity index (χ1n) is 6.46. The normalized spacial score (nSPS) is 12.4. The maximum atomic E-state index is 4.22. The summed E-state index contributed by atoms with van der Waals surface area (Å²) in [5.41, 5.74) is 5.87. The minimum Gasteiger partial charge on any atom is -0.375 e. The second-order valence-electron chi connectivity index (χ2n) is 4.82. The Labute approximate surface area is 109 Å². The Balaban J connectivity index is 2.22. The van der Waals surface area contributed by atoms with Crippen molar-refractivity contribution in [2.75, 3.05) is 5.32 Å². The summed E-state index contributed by atoms with van der Waals surface area (Å²) in [7, 11) is 0. The molecule has 1 heterocycles. The van der Waals surface area contributed by atoms with Gasteiger partial charge >= 0.3 is 0 Å². The van der Waals surface area contributed by atoms with E-state index in [2.05, 4.69) is 53.6 Å². The predicted molar refractivity (Wildman–Crippen MR) is 75.9 cm³/mol. The zero-order chi connectivity index (χ0) is 13.1. The number of benzene rings is 1. The summed E-state index contributed by atoms with van der Waals surface area (Å²) in [5.74, 6) is 0. The maximum absolute atomic E-state index is 4.22. The van der Waals surface area contributed by atoms with Crippen LogP contribution in [0.15, 0.2) is 24.3 Å². The number of H-pyrrole nitrogens is 1. The Bertz CT molecular complexity index is 492. The van der Waals surface area contributed by atoms with Gasteiger partial charge < -0.3 is 5.32 Å². The highest BCUT2D eigenvalue weighted by molar-refractivity contribution is 5.53. The molecular weight excluding hydrogens is 222 g/mol. The molecular formula is C15H21N3. The van der Waals surface area contributed by atoms with Crippen LogP contribution >= 0.6 is 0 Å². The van der Waals surface area contributed by atoms with E-state index in [1.54, 1.807) is 0 Å². The number of aromatic amines is 1. The number of nitrogens with one attached hydrogen (secondary N) is 2. The number of hydrogen-bond donors (Lipinski definition) is 2. The molecule has 1 atom stereocenters. The molecule has 0 aliphatic heterocycles. The van der Waals surface area contributed by atoms with E-state index in [1.165, 1.54) is 11.1 Å². The third kappa shape index (κ3) is 2.55. The van der Waals surface area contributed by atoms with Crippen molar-refractivity contribution in [3.05, 3.63) is 46.8 Å². The van der Waals surface area contributed by atoms with Gasteiger partial charge in [0.15, 0.2) is 0 Å². The predicted octanol–water partition coefficient (Wildman–Crippen LogP) is 3.90. The van der Waals surface area contributed by atoms with Gasteiger partial charge in [0.2, 0.25) is 0 Å². The van der Waals surface area contributed by atoms with Gasteiger partial charge in [-0.05, 0) is 32.8 Å². The quantitative estimate of drug-likeness (QED) is 0.855. The monoisotopic (exact) mass is 243 g/mol. The van der Waals surface area contributed by atoms with Gasteiger partial charge in [-0.1, -0.05) is 36.8 Å². The van der Waals surface area contributed by atoms with Crippen molar-refractivity contribution in [2.24, 2.45) is 0 Å². The minimum absolute atomic E-state index is 0.334. The SMILES string of the molecule is CCC(Nc1c(C)n[nH]c1C)c1ccc(C)cc1. The van der Waals surface area contributed by atoms with Crippen LogP contribution in [-0.2, 0) is 0 Å². The lowest BCUT2D eigenvalue weighted by molar-refractivity contribution is 0.747. The first kappa shape index (κ1) is 12.7. The van der Waals surface area contributed by atoms with E-state index in [0.717, 1.165) is 23.5 Å². The zero-order valence-corrected chi connectivity index (χ0v) is 11.5. The molecule has 0 aliphatic rings. The van der Waals surface area contributed by atoms with Crippen LogP contribution in [0.25, 0.3) is 0 Å². The third-order valence-corrected chi connectivity index (χ3v) is 3.33. The van der Waals surface area contributed by atoms with Crippen molar-refractivity contribution in [2.45, 2.75) is 40.2 Å². The van der Waals surface area contributed by atoms with Gasteiger partial charge in [0.1, 0.15) is 0 Å². The highest BCUT2D eigenvalue weighted by Crippen LogP contribution is 2.26. The Morgan fingerprint density at radius 1 is 1.17 bits per heavy atom. The fourth-order valence-corrected chi connectivity index (χ4v) is 2.16. The van der Waals surface area contributed by atoms with Crippen molar-refractivity contribution < 1.29 is 0 Å². The van der Waals surface area contributed by atoms with Gasteiger partial charge in [-0.2, -0.15) is 5.10 Å². The van der Waals surface area contributed by atoms with Crippen LogP contribution in [-0.4, -0.2) is 10.2 Å². The summed E-state index contributed by atoms with van der Waals surface area (Å²) in [5, 5.41) is 10.8. The number of anilines is 1. The van der Waals surface area contributed by atoms with Crippen molar-refractivity contribution in [3.63, 3.8) is 0 Å². The lowest BCUT2D eigenvalue weighted by Gasteiger charge is -2.19. The van der Waals surface area contributed by atoms with Crippen LogP contribution in [0.3, 0.4) is 0 Å². The molecule has 0 saturated carbocycles. The summed E-state index contributed by atoms with van der Waals surface area (Å²) in [4.78, 5) is 0. The van der Waals surface area contributed by atoms with Gasteiger partial charge in [-0.15, -0.1) is 0 Å². The average molecular weight is 243 g/mol. The fraction of sp³-hybridized carbons (Fsp3) is 0.400. The maximum Gasteiger partial charge on any atom is 0.0825 e. The van der Waals surface area contributed by atoms with Crippen LogP contribution in [0, 0.1) is 20.8 Å². The minimum atomic E-state index is 0.334. The highest BCUT2D eigenvalue weighted by atomic mass is 15.2. The molecule has 1 aromatic heterocycles. The van der Waals surface area contributed by atoms with Crippen LogP contribution < -0.4 is 5.32 Å². The molecule has 96 valence electrons. The molecule has 0 fully saturated rings. The smallest absolute Gasteiger partial charge is 0.0825 e. The molecule has 3 heteroatoms. The van der Waals surface area contributed by atoms with Gasteiger partial charge in [-0.3, -0.25) is 5.10 Å². The van der Waals surface area contributed by atoms with Gasteiger partial charge in [0.05, 0.1) is 23.1 Å². The fourth-order valence-electron chi connectivity index (χ4n) is 2.16.